The van der Waals surface area contributed by atoms with Crippen molar-refractivity contribution >= 4 is 30.6 Å². The lowest BCUT2D eigenvalue weighted by Crippen LogP contribution is -2.42. The van der Waals surface area contributed by atoms with Crippen LogP contribution in [0.1, 0.15) is 30.1 Å². The zero-order valence-electron chi connectivity index (χ0n) is 16.4. The summed E-state index contributed by atoms with van der Waals surface area (Å²) in [6.07, 6.45) is 4.09. The van der Waals surface area contributed by atoms with Gasteiger partial charge in [0, 0.05) is 23.9 Å². The average Bonchev–Trinajstić information content (AvgIpc) is 3.17. The maximum atomic E-state index is 14.4. The van der Waals surface area contributed by atoms with E-state index in [4.69, 9.17) is 9.84 Å². The van der Waals surface area contributed by atoms with E-state index in [9.17, 15) is 14.0 Å². The van der Waals surface area contributed by atoms with Crippen LogP contribution < -0.4 is 0 Å². The number of carbonyl (C=O) groups excluding carboxylic acids is 1. The van der Waals surface area contributed by atoms with E-state index in [0.717, 1.165) is 5.57 Å². The van der Waals surface area contributed by atoms with E-state index in [1.165, 1.54) is 17.9 Å². The van der Waals surface area contributed by atoms with Crippen molar-refractivity contribution in [2.75, 3.05) is 20.2 Å². The third-order valence-corrected chi connectivity index (χ3v) is 5.53. The fraction of sp³-hybridized carbons (Fsp3) is 0.400. The predicted molar refractivity (Wildman–Crippen MR) is 110 cm³/mol. The summed E-state index contributed by atoms with van der Waals surface area (Å²) in [5.74, 6) is -1.91. The van der Waals surface area contributed by atoms with Gasteiger partial charge in [-0.05, 0) is 24.1 Å². The number of hydrogen-bond acceptors (Lipinski definition) is 7. The Balaban J connectivity index is 1.83. The normalized spacial score (nSPS) is 19.6. The van der Waals surface area contributed by atoms with E-state index in [-0.39, 0.29) is 23.8 Å². The summed E-state index contributed by atoms with van der Waals surface area (Å²) in [5.41, 5.74) is 1.73. The Morgan fingerprint density at radius 3 is 2.90 bits per heavy atom. The molecule has 0 saturated carbocycles. The first-order chi connectivity index (χ1) is 14.4. The van der Waals surface area contributed by atoms with Crippen LogP contribution in [-0.2, 0) is 20.9 Å². The largest absolute Gasteiger partial charge is 0.481 e. The number of ether oxygens (including phenoxy) is 1. The average molecular weight is 434 g/mol. The van der Waals surface area contributed by atoms with Crippen LogP contribution in [0.3, 0.4) is 0 Å². The minimum atomic E-state index is -0.911. The van der Waals surface area contributed by atoms with Gasteiger partial charge in [0.1, 0.15) is 17.6 Å². The number of rotatable bonds is 7. The number of carbonyl (C=O) groups is 2. The fourth-order valence-corrected chi connectivity index (χ4v) is 3.70. The summed E-state index contributed by atoms with van der Waals surface area (Å²) >= 11 is 4.64. The van der Waals surface area contributed by atoms with Gasteiger partial charge in [0.05, 0.1) is 26.3 Å². The lowest BCUT2D eigenvalue weighted by atomic mass is 9.97. The number of aryl methyl sites for hydroxylation is 1. The number of halogens is 1. The standard InChI is InChI=1S/C20H23FN4O4S/c1-29-20(28)19(15-4-2-3-5-16(15)21)24-8-6-17(30)13(11-24)10-14-12-25(23-22-14)9-7-18(26)27/h2-5,10,12,17,19,30H,6-9,11H2,1H3,(H,26,27)/b13-10-. The summed E-state index contributed by atoms with van der Waals surface area (Å²) in [4.78, 5) is 25.1. The zero-order chi connectivity index (χ0) is 21.7. The Labute approximate surface area is 178 Å². The third kappa shape index (κ3) is 5.25. The molecular weight excluding hydrogens is 411 g/mol. The van der Waals surface area contributed by atoms with E-state index in [2.05, 4.69) is 22.9 Å². The molecular formula is C20H23FN4O4S. The quantitative estimate of drug-likeness (QED) is 0.509. The SMILES string of the molecule is COC(=O)C(c1ccccc1F)N1CCC(S)/C(=C\c2cn(CCC(=O)O)nn2)C1. The number of carboxylic acid groups (broad SMARTS) is 1. The Morgan fingerprint density at radius 2 is 2.20 bits per heavy atom. The molecule has 30 heavy (non-hydrogen) atoms. The van der Waals surface area contributed by atoms with Crippen molar-refractivity contribution in [3.05, 3.63) is 53.1 Å². The number of methoxy groups -OCH3 is 1. The molecule has 1 aliphatic rings. The topological polar surface area (TPSA) is 97.5 Å². The van der Waals surface area contributed by atoms with Gasteiger partial charge in [0.25, 0.3) is 0 Å². The van der Waals surface area contributed by atoms with Gasteiger partial charge in [-0.25, -0.2) is 9.18 Å². The molecule has 0 amide bonds. The minimum absolute atomic E-state index is 0.0498. The van der Waals surface area contributed by atoms with E-state index in [1.807, 2.05) is 11.0 Å². The Kier molecular flexibility index (Phi) is 7.22. The second-order valence-electron chi connectivity index (χ2n) is 6.99. The fourth-order valence-electron chi connectivity index (χ4n) is 3.42. The Morgan fingerprint density at radius 1 is 1.43 bits per heavy atom. The van der Waals surface area contributed by atoms with Crippen LogP contribution in [0.15, 0.2) is 36.0 Å². The number of nitrogens with zero attached hydrogens (tertiary/aromatic N) is 4. The smallest absolute Gasteiger partial charge is 0.327 e. The summed E-state index contributed by atoms with van der Waals surface area (Å²) in [7, 11) is 1.29. The maximum Gasteiger partial charge on any atom is 0.327 e. The number of likely N-dealkylation sites (tertiary alicyclic amines) is 1. The number of hydrogen-bond donors (Lipinski definition) is 2. The van der Waals surface area contributed by atoms with Crippen molar-refractivity contribution < 1.29 is 23.8 Å². The number of aromatic nitrogens is 3. The number of carboxylic acids is 1. The van der Waals surface area contributed by atoms with Crippen molar-refractivity contribution in [2.45, 2.75) is 30.7 Å². The van der Waals surface area contributed by atoms with Crippen molar-refractivity contribution in [3.8, 4) is 0 Å². The molecule has 10 heteroatoms. The molecule has 0 radical (unpaired) electrons. The predicted octanol–water partition coefficient (Wildman–Crippen LogP) is 2.19. The summed E-state index contributed by atoms with van der Waals surface area (Å²) in [6, 6.07) is 5.30. The van der Waals surface area contributed by atoms with E-state index >= 15 is 0 Å². The highest BCUT2D eigenvalue weighted by atomic mass is 32.1. The molecule has 1 aliphatic heterocycles. The number of esters is 1. The first-order valence-electron chi connectivity index (χ1n) is 9.45. The van der Waals surface area contributed by atoms with Crippen LogP contribution in [0, 0.1) is 5.82 Å². The zero-order valence-corrected chi connectivity index (χ0v) is 17.3. The first-order valence-corrected chi connectivity index (χ1v) is 9.97. The third-order valence-electron chi connectivity index (χ3n) is 4.94. The van der Waals surface area contributed by atoms with Crippen LogP contribution in [-0.4, -0.2) is 62.4 Å². The van der Waals surface area contributed by atoms with Gasteiger partial charge in [-0.1, -0.05) is 23.4 Å². The number of benzene rings is 1. The second kappa shape index (κ2) is 9.86. The number of thiol groups is 1. The highest BCUT2D eigenvalue weighted by molar-refractivity contribution is 7.81. The molecule has 3 rings (SSSR count). The molecule has 2 aromatic rings. The second-order valence-corrected chi connectivity index (χ2v) is 7.61. The molecule has 0 aliphatic carbocycles. The van der Waals surface area contributed by atoms with Gasteiger partial charge in [0.15, 0.2) is 0 Å². The van der Waals surface area contributed by atoms with E-state index < -0.39 is 23.8 Å². The van der Waals surface area contributed by atoms with Gasteiger partial charge in [0.2, 0.25) is 0 Å². The monoisotopic (exact) mass is 434 g/mol. The van der Waals surface area contributed by atoms with Gasteiger partial charge < -0.3 is 9.84 Å². The molecule has 0 bridgehead atoms. The van der Waals surface area contributed by atoms with E-state index in [0.29, 0.717) is 25.2 Å². The van der Waals surface area contributed by atoms with Crippen LogP contribution in [0.25, 0.3) is 6.08 Å². The van der Waals surface area contributed by atoms with Gasteiger partial charge >= 0.3 is 11.9 Å². The molecule has 1 aromatic carbocycles. The van der Waals surface area contributed by atoms with Crippen molar-refractivity contribution in [3.63, 3.8) is 0 Å². The molecule has 2 heterocycles. The number of piperidine rings is 1. The van der Waals surface area contributed by atoms with Crippen molar-refractivity contribution in [1.29, 1.82) is 0 Å². The minimum Gasteiger partial charge on any atom is -0.481 e. The maximum absolute atomic E-state index is 14.4. The summed E-state index contributed by atoms with van der Waals surface area (Å²) in [6.45, 7) is 1.15. The van der Waals surface area contributed by atoms with Crippen molar-refractivity contribution in [1.82, 2.24) is 19.9 Å². The first kappa shape index (κ1) is 22.0. The summed E-state index contributed by atoms with van der Waals surface area (Å²) in [5, 5.41) is 16.7. The Hall–Kier alpha value is -2.72. The summed E-state index contributed by atoms with van der Waals surface area (Å²) < 4.78 is 20.8. The molecule has 160 valence electrons. The molecule has 1 fully saturated rings. The van der Waals surface area contributed by atoms with Crippen LogP contribution in [0.2, 0.25) is 0 Å². The molecule has 8 nitrogen and oxygen atoms in total. The van der Waals surface area contributed by atoms with Crippen LogP contribution >= 0.6 is 12.6 Å². The lowest BCUT2D eigenvalue weighted by molar-refractivity contribution is -0.147. The molecule has 1 N–H and O–H groups in total. The van der Waals surface area contributed by atoms with Crippen molar-refractivity contribution in [2.24, 2.45) is 0 Å². The molecule has 0 spiro atoms. The molecule has 1 saturated heterocycles. The van der Waals surface area contributed by atoms with Crippen LogP contribution in [0.5, 0.6) is 0 Å². The van der Waals surface area contributed by atoms with E-state index in [1.54, 1.807) is 24.4 Å². The molecule has 2 atom stereocenters. The van der Waals surface area contributed by atoms with Gasteiger partial charge in [-0.2, -0.15) is 12.6 Å². The molecule has 2 unspecified atom stereocenters. The molecule has 1 aromatic heterocycles. The highest BCUT2D eigenvalue weighted by Gasteiger charge is 2.34. The van der Waals surface area contributed by atoms with Crippen LogP contribution in [0.4, 0.5) is 4.39 Å². The van der Waals surface area contributed by atoms with Gasteiger partial charge in [-0.15, -0.1) is 5.10 Å². The van der Waals surface area contributed by atoms with Gasteiger partial charge in [-0.3, -0.25) is 14.4 Å². The Bertz CT molecular complexity index is 948. The highest BCUT2D eigenvalue weighted by Crippen LogP contribution is 2.31. The lowest BCUT2D eigenvalue weighted by Gasteiger charge is -2.36. The number of aliphatic carboxylic acids is 1.